The molecule has 0 amide bonds. The molecule has 0 bridgehead atoms. The fourth-order valence-electron chi connectivity index (χ4n) is 1.38. The molecule has 5 nitrogen and oxygen atoms in total. The number of nitrogens with two attached hydrogens (primary N) is 1. The van der Waals surface area contributed by atoms with Crippen LogP contribution >= 0.6 is 0 Å². The molecule has 0 aliphatic heterocycles. The number of nitrogens with zero attached hydrogens (tertiary/aromatic N) is 3. The summed E-state index contributed by atoms with van der Waals surface area (Å²) in [6.07, 6.45) is 1.53. The van der Waals surface area contributed by atoms with Crippen LogP contribution in [0.3, 0.4) is 0 Å². The smallest absolute Gasteiger partial charge is 0.164 e. The van der Waals surface area contributed by atoms with Gasteiger partial charge in [-0.3, -0.25) is 0 Å². The molecule has 0 fully saturated rings. The molecule has 0 atom stereocenters. The van der Waals surface area contributed by atoms with Crippen molar-refractivity contribution in [1.29, 1.82) is 0 Å². The van der Waals surface area contributed by atoms with Gasteiger partial charge in [0.15, 0.2) is 5.82 Å². The molecule has 1 aromatic heterocycles. The van der Waals surface area contributed by atoms with Crippen molar-refractivity contribution in [3.05, 3.63) is 36.4 Å². The molecule has 1 heterocycles. The number of nitrogen functional groups attached to an aromatic ring is 1. The highest BCUT2D eigenvalue weighted by Crippen LogP contribution is 2.14. The first kappa shape index (κ1) is 10.5. The number of aromatic nitrogens is 3. The van der Waals surface area contributed by atoms with Crippen LogP contribution in [0.1, 0.15) is 12.7 Å². The van der Waals surface area contributed by atoms with E-state index >= 15 is 0 Å². The average molecular weight is 218 g/mol. The van der Waals surface area contributed by atoms with Crippen molar-refractivity contribution in [3.8, 4) is 5.75 Å². The summed E-state index contributed by atoms with van der Waals surface area (Å²) in [5.41, 5.74) is 6.31. The van der Waals surface area contributed by atoms with Crippen molar-refractivity contribution >= 4 is 5.69 Å². The second-order valence-corrected chi connectivity index (χ2v) is 3.35. The van der Waals surface area contributed by atoms with E-state index in [-0.39, 0.29) is 0 Å². The molecule has 0 radical (unpaired) electrons. The third-order valence-electron chi connectivity index (χ3n) is 2.24. The number of aryl methyl sites for hydroxylation is 1. The lowest BCUT2D eigenvalue weighted by Crippen LogP contribution is -2.07. The standard InChI is InChI=1S/C11H14N4O/c1-2-15-11(13-8-14-15)7-16-10-5-3-9(12)4-6-10/h3-6,8H,2,7,12H2,1H3. The number of hydrogen-bond acceptors (Lipinski definition) is 4. The Morgan fingerprint density at radius 1 is 1.31 bits per heavy atom. The van der Waals surface area contributed by atoms with E-state index in [0.717, 1.165) is 23.8 Å². The lowest BCUT2D eigenvalue weighted by Gasteiger charge is -2.06. The molecule has 5 heteroatoms. The number of ether oxygens (including phenoxy) is 1. The predicted molar refractivity (Wildman–Crippen MR) is 60.9 cm³/mol. The van der Waals surface area contributed by atoms with Crippen molar-refractivity contribution in [2.45, 2.75) is 20.1 Å². The maximum absolute atomic E-state index is 5.58. The Balaban J connectivity index is 1.99. The van der Waals surface area contributed by atoms with Crippen LogP contribution in [0, 0.1) is 0 Å². The zero-order chi connectivity index (χ0) is 11.4. The summed E-state index contributed by atoms with van der Waals surface area (Å²) < 4.78 is 7.37. The van der Waals surface area contributed by atoms with Crippen LogP contribution in [0.2, 0.25) is 0 Å². The monoisotopic (exact) mass is 218 g/mol. The van der Waals surface area contributed by atoms with Crippen LogP contribution in [-0.4, -0.2) is 14.8 Å². The molecule has 0 spiro atoms. The maximum atomic E-state index is 5.58. The molecular weight excluding hydrogens is 204 g/mol. The first-order valence-electron chi connectivity index (χ1n) is 5.14. The van der Waals surface area contributed by atoms with E-state index in [1.807, 2.05) is 19.1 Å². The SMILES string of the molecule is CCn1ncnc1COc1ccc(N)cc1. The Kier molecular flexibility index (Phi) is 3.05. The first-order chi connectivity index (χ1) is 7.79. The molecule has 0 unspecified atom stereocenters. The second kappa shape index (κ2) is 4.65. The summed E-state index contributed by atoms with van der Waals surface area (Å²) in [7, 11) is 0. The van der Waals surface area contributed by atoms with Gasteiger partial charge in [-0.25, -0.2) is 9.67 Å². The Hall–Kier alpha value is -2.04. The van der Waals surface area contributed by atoms with E-state index in [1.165, 1.54) is 6.33 Å². The molecule has 1 aromatic carbocycles. The van der Waals surface area contributed by atoms with E-state index in [2.05, 4.69) is 10.1 Å². The van der Waals surface area contributed by atoms with Gasteiger partial charge in [-0.15, -0.1) is 0 Å². The fraction of sp³-hybridized carbons (Fsp3) is 0.273. The minimum Gasteiger partial charge on any atom is -0.486 e. The summed E-state index contributed by atoms with van der Waals surface area (Å²) >= 11 is 0. The van der Waals surface area contributed by atoms with Crippen LogP contribution in [-0.2, 0) is 13.2 Å². The summed E-state index contributed by atoms with van der Waals surface area (Å²) in [6, 6.07) is 7.28. The fourth-order valence-corrected chi connectivity index (χ4v) is 1.38. The Morgan fingerprint density at radius 2 is 2.06 bits per heavy atom. The quantitative estimate of drug-likeness (QED) is 0.789. The normalized spacial score (nSPS) is 10.3. The Labute approximate surface area is 93.9 Å². The number of hydrogen-bond donors (Lipinski definition) is 1. The number of rotatable bonds is 4. The summed E-state index contributed by atoms with van der Waals surface area (Å²) in [4.78, 5) is 4.12. The molecule has 0 aliphatic carbocycles. The van der Waals surface area contributed by atoms with Crippen LogP contribution < -0.4 is 10.5 Å². The maximum Gasteiger partial charge on any atom is 0.164 e. The van der Waals surface area contributed by atoms with Crippen molar-refractivity contribution in [2.75, 3.05) is 5.73 Å². The van der Waals surface area contributed by atoms with Gasteiger partial charge in [0, 0.05) is 12.2 Å². The highest BCUT2D eigenvalue weighted by molar-refractivity contribution is 5.41. The third-order valence-corrected chi connectivity index (χ3v) is 2.24. The van der Waals surface area contributed by atoms with E-state index in [1.54, 1.807) is 16.8 Å². The highest BCUT2D eigenvalue weighted by atomic mass is 16.5. The van der Waals surface area contributed by atoms with Crippen molar-refractivity contribution < 1.29 is 4.74 Å². The molecule has 0 aliphatic rings. The zero-order valence-corrected chi connectivity index (χ0v) is 9.13. The van der Waals surface area contributed by atoms with Gasteiger partial charge in [-0.1, -0.05) is 0 Å². The van der Waals surface area contributed by atoms with Gasteiger partial charge < -0.3 is 10.5 Å². The molecule has 2 aromatic rings. The Morgan fingerprint density at radius 3 is 2.75 bits per heavy atom. The topological polar surface area (TPSA) is 66.0 Å². The lowest BCUT2D eigenvalue weighted by atomic mass is 10.3. The predicted octanol–water partition coefficient (Wildman–Crippen LogP) is 1.46. The van der Waals surface area contributed by atoms with Crippen molar-refractivity contribution in [2.24, 2.45) is 0 Å². The summed E-state index contributed by atoms with van der Waals surface area (Å²) in [5.74, 6) is 1.60. The van der Waals surface area contributed by atoms with E-state index in [4.69, 9.17) is 10.5 Å². The van der Waals surface area contributed by atoms with Crippen LogP contribution in [0.25, 0.3) is 0 Å². The Bertz CT molecular complexity index is 449. The first-order valence-corrected chi connectivity index (χ1v) is 5.14. The van der Waals surface area contributed by atoms with E-state index in [9.17, 15) is 0 Å². The van der Waals surface area contributed by atoms with E-state index in [0.29, 0.717) is 6.61 Å². The summed E-state index contributed by atoms with van der Waals surface area (Å²) in [6.45, 7) is 3.22. The van der Waals surface area contributed by atoms with Crippen LogP contribution in [0.15, 0.2) is 30.6 Å². The average Bonchev–Trinajstić information content (AvgIpc) is 2.76. The summed E-state index contributed by atoms with van der Waals surface area (Å²) in [5, 5.41) is 4.07. The minimum absolute atomic E-state index is 0.414. The van der Waals surface area contributed by atoms with Crippen LogP contribution in [0.5, 0.6) is 5.75 Å². The molecule has 84 valence electrons. The van der Waals surface area contributed by atoms with Crippen molar-refractivity contribution in [3.63, 3.8) is 0 Å². The molecular formula is C11H14N4O. The van der Waals surface area contributed by atoms with Gasteiger partial charge in [0.05, 0.1) is 0 Å². The molecule has 2 N–H and O–H groups in total. The second-order valence-electron chi connectivity index (χ2n) is 3.35. The molecule has 0 saturated heterocycles. The van der Waals surface area contributed by atoms with Gasteiger partial charge in [-0.05, 0) is 31.2 Å². The lowest BCUT2D eigenvalue weighted by molar-refractivity contribution is 0.287. The third kappa shape index (κ3) is 2.31. The van der Waals surface area contributed by atoms with E-state index < -0.39 is 0 Å². The van der Waals surface area contributed by atoms with Gasteiger partial charge >= 0.3 is 0 Å². The van der Waals surface area contributed by atoms with Gasteiger partial charge in [0.2, 0.25) is 0 Å². The minimum atomic E-state index is 0.414. The van der Waals surface area contributed by atoms with Gasteiger partial charge in [-0.2, -0.15) is 5.10 Å². The van der Waals surface area contributed by atoms with Crippen LogP contribution in [0.4, 0.5) is 5.69 Å². The number of benzene rings is 1. The highest BCUT2D eigenvalue weighted by Gasteiger charge is 2.03. The van der Waals surface area contributed by atoms with Gasteiger partial charge in [0.25, 0.3) is 0 Å². The molecule has 16 heavy (non-hydrogen) atoms. The largest absolute Gasteiger partial charge is 0.486 e. The van der Waals surface area contributed by atoms with Gasteiger partial charge in [0.1, 0.15) is 18.7 Å². The zero-order valence-electron chi connectivity index (χ0n) is 9.13. The molecule has 2 rings (SSSR count). The van der Waals surface area contributed by atoms with Crippen molar-refractivity contribution in [1.82, 2.24) is 14.8 Å². The number of anilines is 1. The molecule has 0 saturated carbocycles.